The van der Waals surface area contributed by atoms with Crippen molar-refractivity contribution in [1.29, 1.82) is 0 Å². The predicted octanol–water partition coefficient (Wildman–Crippen LogP) is 1.43. The molecule has 1 aromatic rings. The zero-order valence-corrected chi connectivity index (χ0v) is 11.8. The van der Waals surface area contributed by atoms with Gasteiger partial charge in [-0.3, -0.25) is 4.90 Å². The van der Waals surface area contributed by atoms with Crippen molar-refractivity contribution in [2.45, 2.75) is 52.2 Å². The fourth-order valence-corrected chi connectivity index (χ4v) is 2.60. The van der Waals surface area contributed by atoms with E-state index in [1.807, 2.05) is 4.68 Å². The molecule has 0 unspecified atom stereocenters. The highest BCUT2D eigenvalue weighted by Gasteiger charge is 2.20. The van der Waals surface area contributed by atoms with Gasteiger partial charge in [0, 0.05) is 25.2 Å². The van der Waals surface area contributed by atoms with Gasteiger partial charge in [-0.2, -0.15) is 5.10 Å². The van der Waals surface area contributed by atoms with Gasteiger partial charge < -0.3 is 5.32 Å². The van der Waals surface area contributed by atoms with Crippen LogP contribution < -0.4 is 5.32 Å². The van der Waals surface area contributed by atoms with E-state index in [2.05, 4.69) is 41.1 Å². The van der Waals surface area contributed by atoms with E-state index in [0.29, 0.717) is 12.1 Å². The predicted molar refractivity (Wildman–Crippen MR) is 72.4 cm³/mol. The lowest BCUT2D eigenvalue weighted by atomic mass is 10.1. The highest BCUT2D eigenvalue weighted by molar-refractivity contribution is 4.88. The van der Waals surface area contributed by atoms with E-state index in [1.54, 1.807) is 6.33 Å². The minimum atomic E-state index is 0.391. The molecule has 1 fully saturated rings. The normalized spacial score (nSPS) is 18.7. The van der Waals surface area contributed by atoms with Crippen LogP contribution in [0.4, 0.5) is 0 Å². The lowest BCUT2D eigenvalue weighted by Gasteiger charge is -2.32. The summed E-state index contributed by atoms with van der Waals surface area (Å²) in [6.07, 6.45) is 4.15. The highest BCUT2D eigenvalue weighted by Crippen LogP contribution is 2.14. The van der Waals surface area contributed by atoms with Crippen molar-refractivity contribution in [3.8, 4) is 0 Å². The van der Waals surface area contributed by atoms with Gasteiger partial charge in [-0.05, 0) is 33.2 Å². The summed E-state index contributed by atoms with van der Waals surface area (Å²) < 4.78 is 2.02. The Bertz CT molecular complexity index is 352. The van der Waals surface area contributed by atoms with Crippen molar-refractivity contribution in [3.05, 3.63) is 12.2 Å². The van der Waals surface area contributed by atoms with Crippen LogP contribution in [0.3, 0.4) is 0 Å². The monoisotopic (exact) mass is 251 g/mol. The maximum absolute atomic E-state index is 4.38. The summed E-state index contributed by atoms with van der Waals surface area (Å²) >= 11 is 0. The van der Waals surface area contributed by atoms with Gasteiger partial charge >= 0.3 is 0 Å². The molecular weight excluding hydrogens is 226 g/mol. The minimum absolute atomic E-state index is 0.391. The van der Waals surface area contributed by atoms with E-state index in [0.717, 1.165) is 32.0 Å². The van der Waals surface area contributed by atoms with Gasteiger partial charge in [0.1, 0.15) is 12.2 Å². The summed E-state index contributed by atoms with van der Waals surface area (Å²) in [4.78, 5) is 6.86. The number of likely N-dealkylation sites (tertiary alicyclic amines) is 1. The lowest BCUT2D eigenvalue weighted by Crippen LogP contribution is -2.42. The number of aromatic nitrogens is 3. The Morgan fingerprint density at radius 3 is 2.72 bits per heavy atom. The molecule has 0 bridgehead atoms. The zero-order chi connectivity index (χ0) is 13.0. The minimum Gasteiger partial charge on any atom is -0.314 e. The van der Waals surface area contributed by atoms with E-state index in [4.69, 9.17) is 0 Å². The summed E-state index contributed by atoms with van der Waals surface area (Å²) in [5.74, 6) is 1.09. The molecule has 5 heteroatoms. The lowest BCUT2D eigenvalue weighted by molar-refractivity contribution is 0.184. The van der Waals surface area contributed by atoms with Gasteiger partial charge in [0.2, 0.25) is 0 Å². The molecule has 0 spiro atoms. The topological polar surface area (TPSA) is 46.0 Å². The Morgan fingerprint density at radius 2 is 2.11 bits per heavy atom. The number of nitrogens with zero attached hydrogens (tertiary/aromatic N) is 4. The largest absolute Gasteiger partial charge is 0.314 e. The third-order valence-electron chi connectivity index (χ3n) is 3.58. The average molecular weight is 251 g/mol. The van der Waals surface area contributed by atoms with Crippen LogP contribution in [0.15, 0.2) is 6.33 Å². The van der Waals surface area contributed by atoms with Crippen LogP contribution in [-0.4, -0.2) is 45.3 Å². The van der Waals surface area contributed by atoms with Gasteiger partial charge in [0.25, 0.3) is 0 Å². The SMILES string of the molecule is CCNC1CCN(Cc2ncnn2C(C)C)CC1. The molecule has 0 aliphatic carbocycles. The van der Waals surface area contributed by atoms with Gasteiger partial charge in [-0.15, -0.1) is 0 Å². The third-order valence-corrected chi connectivity index (χ3v) is 3.58. The van der Waals surface area contributed by atoms with E-state index >= 15 is 0 Å². The first kappa shape index (κ1) is 13.5. The van der Waals surface area contributed by atoms with Crippen molar-refractivity contribution in [2.24, 2.45) is 0 Å². The average Bonchev–Trinajstić information content (AvgIpc) is 2.80. The summed E-state index contributed by atoms with van der Waals surface area (Å²) in [6.45, 7) is 10.8. The number of piperidine rings is 1. The van der Waals surface area contributed by atoms with E-state index in [9.17, 15) is 0 Å². The molecule has 2 heterocycles. The second-order valence-corrected chi connectivity index (χ2v) is 5.32. The number of rotatable bonds is 5. The molecule has 0 amide bonds. The Morgan fingerprint density at radius 1 is 1.39 bits per heavy atom. The molecule has 1 aliphatic heterocycles. The molecular formula is C13H25N5. The molecule has 2 rings (SSSR count). The Hall–Kier alpha value is -0.940. The van der Waals surface area contributed by atoms with E-state index in [1.165, 1.54) is 12.8 Å². The van der Waals surface area contributed by atoms with Gasteiger partial charge in [-0.1, -0.05) is 6.92 Å². The molecule has 18 heavy (non-hydrogen) atoms. The first-order chi connectivity index (χ1) is 8.70. The summed E-state index contributed by atoms with van der Waals surface area (Å²) in [5, 5.41) is 7.83. The number of hydrogen-bond donors (Lipinski definition) is 1. The first-order valence-electron chi connectivity index (χ1n) is 7.04. The molecule has 0 saturated carbocycles. The van der Waals surface area contributed by atoms with Crippen LogP contribution in [-0.2, 0) is 6.54 Å². The van der Waals surface area contributed by atoms with Crippen LogP contribution in [0, 0.1) is 0 Å². The maximum atomic E-state index is 4.38. The number of hydrogen-bond acceptors (Lipinski definition) is 4. The van der Waals surface area contributed by atoms with E-state index in [-0.39, 0.29) is 0 Å². The molecule has 0 atom stereocenters. The summed E-state index contributed by atoms with van der Waals surface area (Å²) in [7, 11) is 0. The number of nitrogens with one attached hydrogen (secondary N) is 1. The standard InChI is InChI=1S/C13H25N5/c1-4-14-12-5-7-17(8-6-12)9-13-15-10-16-18(13)11(2)3/h10-12,14H,4-9H2,1-3H3. The van der Waals surface area contributed by atoms with E-state index < -0.39 is 0 Å². The van der Waals surface area contributed by atoms with Crippen LogP contribution in [0.5, 0.6) is 0 Å². The van der Waals surface area contributed by atoms with Gasteiger partial charge in [0.05, 0.1) is 6.54 Å². The molecule has 0 radical (unpaired) electrons. The van der Waals surface area contributed by atoms with Crippen molar-refractivity contribution in [1.82, 2.24) is 25.0 Å². The Balaban J connectivity index is 1.86. The zero-order valence-electron chi connectivity index (χ0n) is 11.8. The van der Waals surface area contributed by atoms with Crippen molar-refractivity contribution >= 4 is 0 Å². The highest BCUT2D eigenvalue weighted by atomic mass is 15.4. The van der Waals surface area contributed by atoms with Gasteiger partial charge in [-0.25, -0.2) is 9.67 Å². The van der Waals surface area contributed by atoms with Gasteiger partial charge in [0.15, 0.2) is 0 Å². The summed E-state index contributed by atoms with van der Waals surface area (Å²) in [5.41, 5.74) is 0. The van der Waals surface area contributed by atoms with Crippen LogP contribution in [0.2, 0.25) is 0 Å². The quantitative estimate of drug-likeness (QED) is 0.860. The Kier molecular flexibility index (Phi) is 4.72. The van der Waals surface area contributed by atoms with Crippen LogP contribution in [0.25, 0.3) is 0 Å². The molecule has 0 aromatic carbocycles. The summed E-state index contributed by atoms with van der Waals surface area (Å²) in [6, 6.07) is 1.09. The smallest absolute Gasteiger partial charge is 0.141 e. The Labute approximate surface area is 110 Å². The third kappa shape index (κ3) is 3.29. The molecule has 5 nitrogen and oxygen atoms in total. The first-order valence-corrected chi connectivity index (χ1v) is 7.04. The van der Waals surface area contributed by atoms with Crippen LogP contribution in [0.1, 0.15) is 45.5 Å². The molecule has 1 aliphatic rings. The van der Waals surface area contributed by atoms with Crippen molar-refractivity contribution in [2.75, 3.05) is 19.6 Å². The maximum Gasteiger partial charge on any atom is 0.141 e. The fourth-order valence-electron chi connectivity index (χ4n) is 2.60. The van der Waals surface area contributed by atoms with Crippen molar-refractivity contribution < 1.29 is 0 Å². The van der Waals surface area contributed by atoms with Crippen LogP contribution >= 0.6 is 0 Å². The fraction of sp³-hybridized carbons (Fsp3) is 0.846. The second kappa shape index (κ2) is 6.29. The van der Waals surface area contributed by atoms with Crippen molar-refractivity contribution in [3.63, 3.8) is 0 Å². The molecule has 102 valence electrons. The molecule has 1 N–H and O–H groups in total. The molecule has 1 aromatic heterocycles. The molecule has 1 saturated heterocycles. The second-order valence-electron chi connectivity index (χ2n) is 5.32.